The molecule has 2 fully saturated rings. The fourth-order valence-electron chi connectivity index (χ4n) is 4.30. The van der Waals surface area contributed by atoms with Crippen LogP contribution < -0.4 is 11.1 Å². The number of carbonyl (C=O) groups excluding carboxylic acids is 3. The fraction of sp³-hybridized carbons (Fsp3) is 0.304. The van der Waals surface area contributed by atoms with Crippen LogP contribution in [0.3, 0.4) is 0 Å². The van der Waals surface area contributed by atoms with Gasteiger partial charge in [0.1, 0.15) is 0 Å². The molecule has 0 bridgehead atoms. The summed E-state index contributed by atoms with van der Waals surface area (Å²) >= 11 is 0. The lowest BCUT2D eigenvalue weighted by Crippen LogP contribution is -2.32. The summed E-state index contributed by atoms with van der Waals surface area (Å²) in [5.74, 6) is 0.834. The monoisotopic (exact) mass is 404 g/mol. The van der Waals surface area contributed by atoms with Crippen molar-refractivity contribution in [2.24, 2.45) is 23.5 Å². The van der Waals surface area contributed by atoms with Gasteiger partial charge in [-0.15, -0.1) is 0 Å². The quantitative estimate of drug-likeness (QED) is 0.686. The molecule has 3 atom stereocenters. The number of rotatable bonds is 7. The van der Waals surface area contributed by atoms with Crippen molar-refractivity contribution in [3.63, 3.8) is 0 Å². The largest absolute Gasteiger partial charge is 0.366 e. The lowest BCUT2D eigenvalue weighted by atomic mass is 10.1. The van der Waals surface area contributed by atoms with Gasteiger partial charge in [0, 0.05) is 49.2 Å². The third-order valence-corrected chi connectivity index (χ3v) is 5.94. The van der Waals surface area contributed by atoms with Crippen LogP contribution in [0.1, 0.15) is 32.7 Å². The molecule has 2 aliphatic rings. The van der Waals surface area contributed by atoms with Crippen LogP contribution in [0.25, 0.3) is 6.08 Å². The Morgan fingerprint density at radius 3 is 2.60 bits per heavy atom. The van der Waals surface area contributed by atoms with Crippen molar-refractivity contribution in [1.82, 2.24) is 15.2 Å². The Labute approximate surface area is 175 Å². The van der Waals surface area contributed by atoms with Crippen molar-refractivity contribution >= 4 is 23.8 Å². The van der Waals surface area contributed by atoms with Gasteiger partial charge in [0.25, 0.3) is 5.91 Å². The summed E-state index contributed by atoms with van der Waals surface area (Å²) in [7, 11) is 0. The minimum Gasteiger partial charge on any atom is -0.366 e. The van der Waals surface area contributed by atoms with E-state index in [4.69, 9.17) is 5.73 Å². The second-order valence-corrected chi connectivity index (χ2v) is 7.85. The third kappa shape index (κ3) is 4.40. The van der Waals surface area contributed by atoms with Crippen LogP contribution in [0, 0.1) is 17.8 Å². The van der Waals surface area contributed by atoms with Gasteiger partial charge < -0.3 is 16.0 Å². The number of nitrogens with two attached hydrogens (primary N) is 1. The lowest BCUT2D eigenvalue weighted by Gasteiger charge is -2.20. The maximum atomic E-state index is 12.7. The highest BCUT2D eigenvalue weighted by molar-refractivity contribution is 5.99. The van der Waals surface area contributed by atoms with E-state index in [0.717, 1.165) is 25.1 Å². The van der Waals surface area contributed by atoms with Crippen LogP contribution in [0.5, 0.6) is 0 Å². The predicted octanol–water partition coefficient (Wildman–Crippen LogP) is 1.72. The average molecular weight is 404 g/mol. The van der Waals surface area contributed by atoms with Gasteiger partial charge in [0.05, 0.1) is 0 Å². The number of piperidine rings is 1. The van der Waals surface area contributed by atoms with E-state index in [1.807, 2.05) is 17.0 Å². The number of aromatic nitrogens is 1. The minimum absolute atomic E-state index is 0.0575. The molecule has 2 heterocycles. The van der Waals surface area contributed by atoms with E-state index < -0.39 is 5.91 Å². The second kappa shape index (κ2) is 8.49. The van der Waals surface area contributed by atoms with E-state index in [2.05, 4.69) is 10.3 Å². The Kier molecular flexibility index (Phi) is 5.61. The van der Waals surface area contributed by atoms with E-state index in [-0.39, 0.29) is 11.8 Å². The summed E-state index contributed by atoms with van der Waals surface area (Å²) in [6, 6.07) is 10.3. The number of amides is 3. The van der Waals surface area contributed by atoms with Crippen LogP contribution in [-0.4, -0.2) is 47.2 Å². The summed E-state index contributed by atoms with van der Waals surface area (Å²) in [5, 5.41) is 2.92. The Hall–Kier alpha value is -3.48. The number of likely N-dealkylation sites (tertiary alicyclic amines) is 1. The molecule has 1 aromatic carbocycles. The first kappa shape index (κ1) is 19.8. The van der Waals surface area contributed by atoms with Crippen molar-refractivity contribution in [2.75, 3.05) is 19.6 Å². The van der Waals surface area contributed by atoms with Crippen molar-refractivity contribution in [2.45, 2.75) is 6.42 Å². The van der Waals surface area contributed by atoms with Gasteiger partial charge in [0.15, 0.2) is 0 Å². The molecule has 3 amide bonds. The van der Waals surface area contributed by atoms with Gasteiger partial charge >= 0.3 is 0 Å². The number of hydrogen-bond donors (Lipinski definition) is 2. The molecule has 1 aromatic heterocycles. The number of nitrogens with zero attached hydrogens (tertiary/aromatic N) is 2. The SMILES string of the molecule is NC(=O)c1cccc(C(=O)N2C[C@@H]3C(CCNC(=O)/C=C/c4cccnc4)[C@@H]3C2)c1. The Balaban J connectivity index is 1.20. The average Bonchev–Trinajstić information content (AvgIpc) is 3.20. The molecule has 30 heavy (non-hydrogen) atoms. The number of benzene rings is 1. The highest BCUT2D eigenvalue weighted by atomic mass is 16.2. The maximum absolute atomic E-state index is 12.7. The summed E-state index contributed by atoms with van der Waals surface area (Å²) in [6.45, 7) is 2.08. The van der Waals surface area contributed by atoms with Crippen LogP contribution in [0.4, 0.5) is 0 Å². The molecule has 2 aromatic rings. The Morgan fingerprint density at radius 2 is 1.90 bits per heavy atom. The molecule has 1 saturated carbocycles. The molecule has 154 valence electrons. The van der Waals surface area contributed by atoms with Gasteiger partial charge in [-0.2, -0.15) is 0 Å². The number of hydrogen-bond acceptors (Lipinski definition) is 4. The normalized spacial score (nSPS) is 22.0. The first-order chi connectivity index (χ1) is 14.5. The lowest BCUT2D eigenvalue weighted by molar-refractivity contribution is -0.116. The predicted molar refractivity (Wildman–Crippen MR) is 112 cm³/mol. The second-order valence-electron chi connectivity index (χ2n) is 7.85. The standard InChI is InChI=1S/C23H24N4O3/c24-22(29)16-4-1-5-17(11-16)23(30)27-13-19-18(20(19)14-27)8-10-26-21(28)7-6-15-3-2-9-25-12-15/h1-7,9,11-12,18-20H,8,10,13-14H2,(H2,24,29)(H,26,28)/b7-6+/t18?,19-,20+. The van der Waals surface area contributed by atoms with Gasteiger partial charge in [-0.1, -0.05) is 12.1 Å². The first-order valence-electron chi connectivity index (χ1n) is 10.1. The smallest absolute Gasteiger partial charge is 0.253 e. The van der Waals surface area contributed by atoms with E-state index in [1.54, 1.807) is 42.7 Å². The molecular formula is C23H24N4O3. The van der Waals surface area contributed by atoms with Gasteiger partial charge in [-0.25, -0.2) is 0 Å². The van der Waals surface area contributed by atoms with E-state index >= 15 is 0 Å². The number of pyridine rings is 1. The van der Waals surface area contributed by atoms with E-state index in [1.165, 1.54) is 6.08 Å². The molecule has 1 unspecified atom stereocenters. The summed E-state index contributed by atoms with van der Waals surface area (Å²) in [5.41, 5.74) is 7.02. The third-order valence-electron chi connectivity index (χ3n) is 5.94. The molecule has 1 aliphatic heterocycles. The highest BCUT2D eigenvalue weighted by Gasteiger charge is 2.55. The Morgan fingerprint density at radius 1 is 1.13 bits per heavy atom. The number of carbonyl (C=O) groups is 3. The molecule has 1 aliphatic carbocycles. The molecule has 1 saturated heterocycles. The fourth-order valence-corrected chi connectivity index (χ4v) is 4.30. The molecule has 3 N–H and O–H groups in total. The van der Waals surface area contributed by atoms with Crippen molar-refractivity contribution in [3.05, 3.63) is 71.6 Å². The maximum Gasteiger partial charge on any atom is 0.253 e. The zero-order valence-corrected chi connectivity index (χ0v) is 16.5. The molecular weight excluding hydrogens is 380 g/mol. The summed E-state index contributed by atoms with van der Waals surface area (Å²) in [6.07, 6.45) is 7.57. The first-order valence-corrected chi connectivity index (χ1v) is 10.1. The molecule has 7 nitrogen and oxygen atoms in total. The van der Waals surface area contributed by atoms with E-state index in [0.29, 0.717) is 35.4 Å². The van der Waals surface area contributed by atoms with Gasteiger partial charge in [-0.05, 0) is 60.1 Å². The van der Waals surface area contributed by atoms with Crippen molar-refractivity contribution in [3.8, 4) is 0 Å². The number of nitrogens with one attached hydrogen (secondary N) is 1. The summed E-state index contributed by atoms with van der Waals surface area (Å²) in [4.78, 5) is 41.8. The van der Waals surface area contributed by atoms with Crippen molar-refractivity contribution in [1.29, 1.82) is 0 Å². The Bertz CT molecular complexity index is 977. The molecule has 0 radical (unpaired) electrons. The number of primary amides is 1. The van der Waals surface area contributed by atoms with Crippen molar-refractivity contribution < 1.29 is 14.4 Å². The molecule has 0 spiro atoms. The van der Waals surface area contributed by atoms with Crippen LogP contribution in [-0.2, 0) is 4.79 Å². The van der Waals surface area contributed by atoms with Crippen LogP contribution >= 0.6 is 0 Å². The summed E-state index contributed by atoms with van der Waals surface area (Å²) < 4.78 is 0. The van der Waals surface area contributed by atoms with Crippen LogP contribution in [0.15, 0.2) is 54.9 Å². The number of fused-ring (bicyclic) bond motifs is 1. The van der Waals surface area contributed by atoms with Gasteiger partial charge in [-0.3, -0.25) is 19.4 Å². The van der Waals surface area contributed by atoms with Gasteiger partial charge in [0.2, 0.25) is 11.8 Å². The molecule has 4 rings (SSSR count). The molecule has 7 heteroatoms. The zero-order chi connectivity index (χ0) is 21.1. The topological polar surface area (TPSA) is 105 Å². The minimum atomic E-state index is -0.536. The zero-order valence-electron chi connectivity index (χ0n) is 16.5. The highest BCUT2D eigenvalue weighted by Crippen LogP contribution is 2.53. The van der Waals surface area contributed by atoms with Crippen LogP contribution in [0.2, 0.25) is 0 Å². The van der Waals surface area contributed by atoms with E-state index in [9.17, 15) is 14.4 Å².